The molecule has 0 spiro atoms. The van der Waals surface area contributed by atoms with Gasteiger partial charge in [-0.25, -0.2) is 4.39 Å². The van der Waals surface area contributed by atoms with Gasteiger partial charge in [0.25, 0.3) is 0 Å². The Labute approximate surface area is 117 Å². The number of nitrogens with one attached hydrogen (secondary N) is 1. The summed E-state index contributed by atoms with van der Waals surface area (Å²) in [5.74, 6) is -0.212. The van der Waals surface area contributed by atoms with Crippen molar-refractivity contribution in [2.75, 3.05) is 11.9 Å². The van der Waals surface area contributed by atoms with Crippen molar-refractivity contribution in [2.24, 2.45) is 5.73 Å². The van der Waals surface area contributed by atoms with E-state index < -0.39 is 0 Å². The molecule has 0 bridgehead atoms. The van der Waals surface area contributed by atoms with Crippen LogP contribution >= 0.6 is 12.2 Å². The summed E-state index contributed by atoms with van der Waals surface area (Å²) in [6.45, 7) is 0.741. The lowest BCUT2D eigenvalue weighted by Crippen LogP contribution is -2.14. The average Bonchev–Trinajstić information content (AvgIpc) is 2.41. The summed E-state index contributed by atoms with van der Waals surface area (Å²) >= 11 is 5.00. The molecule has 0 radical (unpaired) electrons. The molecule has 0 aromatic heterocycles. The van der Waals surface area contributed by atoms with E-state index in [0.29, 0.717) is 4.99 Å². The first-order chi connectivity index (χ1) is 9.16. The molecule has 0 amide bonds. The highest BCUT2D eigenvalue weighted by atomic mass is 32.1. The maximum atomic E-state index is 12.8. The van der Waals surface area contributed by atoms with Crippen LogP contribution in [0.2, 0.25) is 0 Å². The van der Waals surface area contributed by atoms with Crippen molar-refractivity contribution in [1.29, 1.82) is 0 Å². The first kappa shape index (κ1) is 13.5. The fraction of sp³-hybridized carbons (Fsp3) is 0.133. The van der Waals surface area contributed by atoms with Gasteiger partial charge in [0, 0.05) is 17.8 Å². The van der Waals surface area contributed by atoms with E-state index in [1.54, 1.807) is 12.1 Å². The van der Waals surface area contributed by atoms with Crippen LogP contribution in [0.4, 0.5) is 10.1 Å². The van der Waals surface area contributed by atoms with Crippen LogP contribution in [-0.4, -0.2) is 11.5 Å². The lowest BCUT2D eigenvalue weighted by atomic mass is 10.1. The van der Waals surface area contributed by atoms with Crippen LogP contribution in [0.3, 0.4) is 0 Å². The Morgan fingerprint density at radius 3 is 2.47 bits per heavy atom. The number of para-hydroxylation sites is 1. The molecular weight excluding hydrogens is 259 g/mol. The molecule has 0 aliphatic carbocycles. The van der Waals surface area contributed by atoms with Crippen LogP contribution < -0.4 is 11.1 Å². The molecule has 0 heterocycles. The van der Waals surface area contributed by atoms with Gasteiger partial charge < -0.3 is 11.1 Å². The maximum Gasteiger partial charge on any atom is 0.123 e. The number of hydrogen-bond acceptors (Lipinski definition) is 2. The second kappa shape index (κ2) is 6.29. The molecule has 3 N–H and O–H groups in total. The molecule has 2 nitrogen and oxygen atoms in total. The number of rotatable bonds is 5. The predicted molar refractivity (Wildman–Crippen MR) is 80.9 cm³/mol. The lowest BCUT2D eigenvalue weighted by Gasteiger charge is -2.10. The van der Waals surface area contributed by atoms with Gasteiger partial charge in [0.2, 0.25) is 0 Å². The summed E-state index contributed by atoms with van der Waals surface area (Å²) < 4.78 is 12.8. The Morgan fingerprint density at radius 1 is 1.11 bits per heavy atom. The fourth-order valence-corrected chi connectivity index (χ4v) is 2.02. The first-order valence-corrected chi connectivity index (χ1v) is 6.45. The highest BCUT2D eigenvalue weighted by Crippen LogP contribution is 2.14. The minimum absolute atomic E-state index is 0.212. The predicted octanol–water partition coefficient (Wildman–Crippen LogP) is 3.11. The van der Waals surface area contributed by atoms with Gasteiger partial charge in [-0.2, -0.15) is 0 Å². The number of benzene rings is 2. The van der Waals surface area contributed by atoms with Crippen LogP contribution in [0.15, 0.2) is 48.5 Å². The number of hydrogen-bond donors (Lipinski definition) is 2. The van der Waals surface area contributed by atoms with Crippen LogP contribution in [0, 0.1) is 5.82 Å². The minimum Gasteiger partial charge on any atom is -0.389 e. The largest absolute Gasteiger partial charge is 0.389 e. The van der Waals surface area contributed by atoms with Gasteiger partial charge in [-0.1, -0.05) is 36.5 Å². The summed E-state index contributed by atoms with van der Waals surface area (Å²) in [5, 5.41) is 3.30. The second-order valence-corrected chi connectivity index (χ2v) is 4.65. The molecule has 0 saturated heterocycles. The van der Waals surface area contributed by atoms with E-state index in [1.807, 2.05) is 24.3 Å². The minimum atomic E-state index is -0.212. The van der Waals surface area contributed by atoms with Crippen molar-refractivity contribution < 1.29 is 4.39 Å². The molecule has 0 atom stereocenters. The third-order valence-corrected chi connectivity index (χ3v) is 3.05. The topological polar surface area (TPSA) is 38.0 Å². The van der Waals surface area contributed by atoms with E-state index >= 15 is 0 Å². The summed E-state index contributed by atoms with van der Waals surface area (Å²) in [6.07, 6.45) is 0.811. The Morgan fingerprint density at radius 2 is 1.79 bits per heavy atom. The molecule has 0 fully saturated rings. The van der Waals surface area contributed by atoms with E-state index in [0.717, 1.165) is 29.8 Å². The second-order valence-electron chi connectivity index (χ2n) is 4.21. The molecular formula is C15H15FN2S. The first-order valence-electron chi connectivity index (χ1n) is 6.04. The van der Waals surface area contributed by atoms with E-state index in [1.165, 1.54) is 12.1 Å². The zero-order valence-electron chi connectivity index (χ0n) is 10.4. The number of nitrogens with two attached hydrogens (primary N) is 1. The van der Waals surface area contributed by atoms with Crippen LogP contribution in [0.25, 0.3) is 0 Å². The third-order valence-electron chi connectivity index (χ3n) is 2.83. The molecule has 2 rings (SSSR count). The van der Waals surface area contributed by atoms with Crippen LogP contribution in [0.5, 0.6) is 0 Å². The number of anilines is 1. The van der Waals surface area contributed by atoms with Crippen LogP contribution in [0.1, 0.15) is 11.1 Å². The maximum absolute atomic E-state index is 12.8. The molecule has 0 aliphatic rings. The monoisotopic (exact) mass is 274 g/mol. The Balaban J connectivity index is 1.96. The molecule has 19 heavy (non-hydrogen) atoms. The van der Waals surface area contributed by atoms with Gasteiger partial charge in [-0.05, 0) is 36.2 Å². The SMILES string of the molecule is NC(=S)c1ccccc1NCCc1ccc(F)cc1. The normalized spacial score (nSPS) is 10.2. The Bertz CT molecular complexity index is 567. The molecule has 98 valence electrons. The van der Waals surface area contributed by atoms with Gasteiger partial charge in [0.1, 0.15) is 10.8 Å². The van der Waals surface area contributed by atoms with Gasteiger partial charge in [0.15, 0.2) is 0 Å². The van der Waals surface area contributed by atoms with Crippen molar-refractivity contribution >= 4 is 22.9 Å². The van der Waals surface area contributed by atoms with Crippen LogP contribution in [-0.2, 0) is 6.42 Å². The van der Waals surface area contributed by atoms with Crippen molar-refractivity contribution in [1.82, 2.24) is 0 Å². The van der Waals surface area contributed by atoms with Crippen molar-refractivity contribution in [3.05, 3.63) is 65.5 Å². The zero-order valence-corrected chi connectivity index (χ0v) is 11.2. The smallest absolute Gasteiger partial charge is 0.123 e. The fourth-order valence-electron chi connectivity index (χ4n) is 1.84. The summed E-state index contributed by atoms with van der Waals surface area (Å²) in [6, 6.07) is 14.2. The van der Waals surface area contributed by atoms with Gasteiger partial charge >= 0.3 is 0 Å². The van der Waals surface area contributed by atoms with E-state index in [9.17, 15) is 4.39 Å². The lowest BCUT2D eigenvalue weighted by molar-refractivity contribution is 0.627. The summed E-state index contributed by atoms with van der Waals surface area (Å²) in [5.41, 5.74) is 8.52. The summed E-state index contributed by atoms with van der Waals surface area (Å²) in [7, 11) is 0. The highest BCUT2D eigenvalue weighted by molar-refractivity contribution is 7.80. The van der Waals surface area contributed by atoms with Gasteiger partial charge in [0.05, 0.1) is 0 Å². The van der Waals surface area contributed by atoms with E-state index in [-0.39, 0.29) is 5.82 Å². The molecule has 2 aromatic rings. The number of thiocarbonyl (C=S) groups is 1. The average molecular weight is 274 g/mol. The molecule has 0 aliphatic heterocycles. The number of halogens is 1. The standard InChI is InChI=1S/C15H15FN2S/c16-12-7-5-11(6-8-12)9-10-18-14-4-2-1-3-13(14)15(17)19/h1-8,18H,9-10H2,(H2,17,19). The summed E-state index contributed by atoms with van der Waals surface area (Å²) in [4.78, 5) is 0.380. The van der Waals surface area contributed by atoms with Crippen molar-refractivity contribution in [2.45, 2.75) is 6.42 Å². The van der Waals surface area contributed by atoms with Crippen molar-refractivity contribution in [3.8, 4) is 0 Å². The van der Waals surface area contributed by atoms with Crippen molar-refractivity contribution in [3.63, 3.8) is 0 Å². The molecule has 4 heteroatoms. The molecule has 0 unspecified atom stereocenters. The van der Waals surface area contributed by atoms with Gasteiger partial charge in [-0.15, -0.1) is 0 Å². The quantitative estimate of drug-likeness (QED) is 0.823. The third kappa shape index (κ3) is 3.76. The highest BCUT2D eigenvalue weighted by Gasteiger charge is 2.03. The van der Waals surface area contributed by atoms with Gasteiger partial charge in [-0.3, -0.25) is 0 Å². The Hall–Kier alpha value is -1.94. The Kier molecular flexibility index (Phi) is 4.47. The van der Waals surface area contributed by atoms with E-state index in [4.69, 9.17) is 18.0 Å². The van der Waals surface area contributed by atoms with E-state index in [2.05, 4.69) is 5.32 Å². The molecule has 0 saturated carbocycles. The zero-order chi connectivity index (χ0) is 13.7. The molecule has 2 aromatic carbocycles.